The fourth-order valence-corrected chi connectivity index (χ4v) is 10.0. The summed E-state index contributed by atoms with van der Waals surface area (Å²) < 4.78 is 9.68. The SMILES string of the molecule is CC(C)(C)[Si](OC[C@H]1Cc2cc3ccccc3n2C1)(c1ccccc1)c1ccccc1. The van der Waals surface area contributed by atoms with E-state index in [2.05, 4.69) is 116 Å². The van der Waals surface area contributed by atoms with Crippen LogP contribution in [0.5, 0.6) is 0 Å². The van der Waals surface area contributed by atoms with E-state index in [4.69, 9.17) is 4.43 Å². The van der Waals surface area contributed by atoms with Gasteiger partial charge in [-0.15, -0.1) is 0 Å². The lowest BCUT2D eigenvalue weighted by Crippen LogP contribution is -2.66. The van der Waals surface area contributed by atoms with Crippen LogP contribution in [0.25, 0.3) is 10.9 Å². The fraction of sp³-hybridized carbons (Fsp3) is 0.286. The average Bonchev–Trinajstić information content (AvgIpc) is 3.32. The molecule has 4 aromatic rings. The summed E-state index contributed by atoms with van der Waals surface area (Å²) in [6, 6.07) is 33.0. The van der Waals surface area contributed by atoms with Crippen molar-refractivity contribution in [3.05, 3.63) is 96.7 Å². The number of hydrogen-bond donors (Lipinski definition) is 0. The molecule has 31 heavy (non-hydrogen) atoms. The van der Waals surface area contributed by atoms with Crippen molar-refractivity contribution in [1.82, 2.24) is 4.57 Å². The largest absolute Gasteiger partial charge is 0.407 e. The predicted molar refractivity (Wildman–Crippen MR) is 133 cm³/mol. The molecule has 3 heteroatoms. The van der Waals surface area contributed by atoms with Crippen LogP contribution < -0.4 is 10.4 Å². The van der Waals surface area contributed by atoms with E-state index in [1.54, 1.807) is 0 Å². The van der Waals surface area contributed by atoms with Gasteiger partial charge in [-0.1, -0.05) is 99.6 Å². The van der Waals surface area contributed by atoms with Crippen molar-refractivity contribution < 1.29 is 4.43 Å². The Morgan fingerprint density at radius 3 is 2.03 bits per heavy atom. The third-order valence-electron chi connectivity index (χ3n) is 6.79. The second-order valence-electron chi connectivity index (χ2n) is 9.85. The molecule has 0 bridgehead atoms. The summed E-state index contributed by atoms with van der Waals surface area (Å²) in [6.45, 7) is 8.89. The monoisotopic (exact) mass is 425 g/mol. The van der Waals surface area contributed by atoms with E-state index < -0.39 is 8.32 Å². The topological polar surface area (TPSA) is 14.2 Å². The molecule has 3 aromatic carbocycles. The maximum Gasteiger partial charge on any atom is 0.261 e. The molecule has 5 rings (SSSR count). The number of para-hydroxylation sites is 1. The Balaban J connectivity index is 1.48. The molecule has 158 valence electrons. The first-order chi connectivity index (χ1) is 15.0. The number of hydrogen-bond acceptors (Lipinski definition) is 1. The first kappa shape index (κ1) is 20.3. The highest BCUT2D eigenvalue weighted by Gasteiger charge is 2.50. The summed E-state index contributed by atoms with van der Waals surface area (Å²) in [5.74, 6) is 0.515. The van der Waals surface area contributed by atoms with Crippen molar-refractivity contribution in [2.75, 3.05) is 6.61 Å². The lowest BCUT2D eigenvalue weighted by molar-refractivity contribution is 0.233. The zero-order chi connectivity index (χ0) is 21.5. The minimum absolute atomic E-state index is 0.0241. The quantitative estimate of drug-likeness (QED) is 0.391. The normalized spacial score (nSPS) is 16.5. The number of rotatable bonds is 5. The van der Waals surface area contributed by atoms with Gasteiger partial charge in [-0.25, -0.2) is 0 Å². The van der Waals surface area contributed by atoms with Gasteiger partial charge in [0, 0.05) is 30.3 Å². The molecule has 1 aliphatic heterocycles. The van der Waals surface area contributed by atoms with E-state index in [-0.39, 0.29) is 5.04 Å². The van der Waals surface area contributed by atoms with Crippen molar-refractivity contribution in [2.24, 2.45) is 5.92 Å². The van der Waals surface area contributed by atoms with Gasteiger partial charge < -0.3 is 8.99 Å². The molecule has 0 unspecified atom stereocenters. The van der Waals surface area contributed by atoms with Crippen LogP contribution in [0.4, 0.5) is 0 Å². The summed E-state index contributed by atoms with van der Waals surface area (Å²) >= 11 is 0. The lowest BCUT2D eigenvalue weighted by atomic mass is 10.1. The highest BCUT2D eigenvalue weighted by Crippen LogP contribution is 2.38. The van der Waals surface area contributed by atoms with Gasteiger partial charge in [0.15, 0.2) is 0 Å². The van der Waals surface area contributed by atoms with E-state index in [1.165, 1.54) is 27.0 Å². The number of benzene rings is 3. The fourth-order valence-electron chi connectivity index (χ4n) is 5.39. The highest BCUT2D eigenvalue weighted by molar-refractivity contribution is 6.99. The molecule has 0 saturated carbocycles. The molecule has 0 fully saturated rings. The first-order valence-corrected chi connectivity index (χ1v) is 13.2. The van der Waals surface area contributed by atoms with Crippen LogP contribution in [0, 0.1) is 5.92 Å². The Labute approximate surface area is 186 Å². The first-order valence-electron chi connectivity index (χ1n) is 11.3. The number of fused-ring (bicyclic) bond motifs is 3. The average molecular weight is 426 g/mol. The van der Waals surface area contributed by atoms with Gasteiger partial charge in [0.25, 0.3) is 8.32 Å². The molecule has 0 N–H and O–H groups in total. The maximum absolute atomic E-state index is 7.19. The minimum Gasteiger partial charge on any atom is -0.407 e. The molecule has 2 nitrogen and oxygen atoms in total. The maximum atomic E-state index is 7.19. The van der Waals surface area contributed by atoms with Crippen LogP contribution in [0.3, 0.4) is 0 Å². The Kier molecular flexibility index (Phi) is 5.11. The van der Waals surface area contributed by atoms with E-state index in [0.29, 0.717) is 5.92 Å². The van der Waals surface area contributed by atoms with Crippen molar-refractivity contribution in [2.45, 2.75) is 38.8 Å². The summed E-state index contributed by atoms with van der Waals surface area (Å²) in [6.07, 6.45) is 1.09. The molecule has 0 spiro atoms. The van der Waals surface area contributed by atoms with E-state index in [1.807, 2.05) is 0 Å². The third kappa shape index (κ3) is 3.46. The Hall–Kier alpha value is -2.62. The van der Waals surface area contributed by atoms with Crippen LogP contribution in [0.1, 0.15) is 26.5 Å². The summed E-state index contributed by atoms with van der Waals surface area (Å²) in [7, 11) is -2.46. The summed E-state index contributed by atoms with van der Waals surface area (Å²) in [5, 5.41) is 4.09. The van der Waals surface area contributed by atoms with Crippen LogP contribution >= 0.6 is 0 Å². The van der Waals surface area contributed by atoms with Crippen molar-refractivity contribution in [3.8, 4) is 0 Å². The van der Waals surface area contributed by atoms with Crippen LogP contribution in [-0.2, 0) is 17.4 Å². The molecular weight excluding hydrogens is 394 g/mol. The second kappa shape index (κ2) is 7.81. The molecule has 1 aromatic heterocycles. The second-order valence-corrected chi connectivity index (χ2v) is 14.2. The van der Waals surface area contributed by atoms with Gasteiger partial charge in [-0.3, -0.25) is 0 Å². The van der Waals surface area contributed by atoms with Crippen LogP contribution in [0.15, 0.2) is 91.0 Å². The third-order valence-corrected chi connectivity index (χ3v) is 11.8. The van der Waals surface area contributed by atoms with Crippen molar-refractivity contribution >= 4 is 29.6 Å². The van der Waals surface area contributed by atoms with Gasteiger partial charge in [-0.2, -0.15) is 0 Å². The molecule has 0 radical (unpaired) electrons. The van der Waals surface area contributed by atoms with Gasteiger partial charge in [0.1, 0.15) is 0 Å². The zero-order valence-corrected chi connectivity index (χ0v) is 19.7. The molecular formula is C28H31NOSi. The minimum atomic E-state index is -2.46. The highest BCUT2D eigenvalue weighted by atomic mass is 28.4. The molecule has 1 aliphatic rings. The molecule has 1 atom stereocenters. The van der Waals surface area contributed by atoms with E-state index in [0.717, 1.165) is 19.6 Å². The Morgan fingerprint density at radius 1 is 0.839 bits per heavy atom. The van der Waals surface area contributed by atoms with E-state index in [9.17, 15) is 0 Å². The van der Waals surface area contributed by atoms with Crippen molar-refractivity contribution in [1.29, 1.82) is 0 Å². The van der Waals surface area contributed by atoms with Crippen LogP contribution in [0.2, 0.25) is 5.04 Å². The summed E-state index contributed by atoms with van der Waals surface area (Å²) in [5.41, 5.74) is 2.79. The summed E-state index contributed by atoms with van der Waals surface area (Å²) in [4.78, 5) is 0. The lowest BCUT2D eigenvalue weighted by Gasteiger charge is -2.43. The molecule has 0 saturated heterocycles. The Morgan fingerprint density at radius 2 is 1.42 bits per heavy atom. The van der Waals surface area contributed by atoms with Gasteiger partial charge in [-0.05, 0) is 39.4 Å². The smallest absolute Gasteiger partial charge is 0.261 e. The predicted octanol–water partition coefficient (Wildman–Crippen LogP) is 5.39. The molecule has 2 heterocycles. The van der Waals surface area contributed by atoms with E-state index >= 15 is 0 Å². The standard InChI is InChI=1S/C28H31NOSi/c1-28(2,3)31(25-13-6-4-7-14-25,26-15-8-5-9-16-26)30-21-22-18-24-19-23-12-10-11-17-27(23)29(24)20-22/h4-17,19,22H,18,20-21H2,1-3H3/t22-/m0/s1. The van der Waals surface area contributed by atoms with Crippen molar-refractivity contribution in [3.63, 3.8) is 0 Å². The number of nitrogens with zero attached hydrogens (tertiary/aromatic N) is 1. The van der Waals surface area contributed by atoms with Crippen LogP contribution in [-0.4, -0.2) is 19.5 Å². The van der Waals surface area contributed by atoms with Gasteiger partial charge in [0.2, 0.25) is 0 Å². The Bertz CT molecular complexity index is 1130. The number of aromatic nitrogens is 1. The van der Waals surface area contributed by atoms with Gasteiger partial charge in [0.05, 0.1) is 0 Å². The molecule has 0 amide bonds. The molecule has 0 aliphatic carbocycles. The van der Waals surface area contributed by atoms with Gasteiger partial charge >= 0.3 is 0 Å². The zero-order valence-electron chi connectivity index (χ0n) is 18.7.